The van der Waals surface area contributed by atoms with Gasteiger partial charge in [0.15, 0.2) is 11.5 Å². The van der Waals surface area contributed by atoms with E-state index in [1.165, 1.54) is 19.3 Å². The van der Waals surface area contributed by atoms with Crippen LogP contribution in [0.15, 0.2) is 59.1 Å². The van der Waals surface area contributed by atoms with Gasteiger partial charge in [-0.3, -0.25) is 9.69 Å². The molecule has 7 nitrogen and oxygen atoms in total. The van der Waals surface area contributed by atoms with Gasteiger partial charge in [-0.2, -0.15) is 0 Å². The number of aromatic nitrogens is 1. The van der Waals surface area contributed by atoms with Crippen LogP contribution in [0.25, 0.3) is 11.3 Å². The molecule has 1 fully saturated rings. The van der Waals surface area contributed by atoms with Gasteiger partial charge in [-0.15, -0.1) is 0 Å². The Bertz CT molecular complexity index is 1020. The van der Waals surface area contributed by atoms with Crippen LogP contribution in [0.2, 0.25) is 0 Å². The quantitative estimate of drug-likeness (QED) is 0.510. The van der Waals surface area contributed by atoms with E-state index in [-0.39, 0.29) is 17.6 Å². The van der Waals surface area contributed by atoms with Crippen molar-refractivity contribution < 1.29 is 18.8 Å². The molecule has 174 valence electrons. The maximum Gasteiger partial charge on any atom is 0.273 e. The number of nitrogens with zero attached hydrogens (tertiary/aromatic N) is 2. The average molecular weight is 450 g/mol. The first-order chi connectivity index (χ1) is 16.2. The molecule has 1 aromatic heterocycles. The predicted molar refractivity (Wildman–Crippen MR) is 127 cm³/mol. The summed E-state index contributed by atoms with van der Waals surface area (Å²) in [5, 5.41) is 7.05. The third-order valence-electron chi connectivity index (χ3n) is 5.98. The Balaban J connectivity index is 1.43. The van der Waals surface area contributed by atoms with Crippen molar-refractivity contribution in [3.8, 4) is 22.8 Å². The first-order valence-electron chi connectivity index (χ1n) is 11.5. The van der Waals surface area contributed by atoms with Crippen molar-refractivity contribution in [2.75, 3.05) is 33.4 Å². The minimum absolute atomic E-state index is 0.0950. The lowest BCUT2D eigenvalue weighted by atomic mass is 10.0. The number of hydrogen-bond donors (Lipinski definition) is 1. The number of likely N-dealkylation sites (tertiary alicyclic amines) is 1. The molecule has 0 radical (unpaired) electrons. The largest absolute Gasteiger partial charge is 0.497 e. The highest BCUT2D eigenvalue weighted by Crippen LogP contribution is 2.27. The molecular weight excluding hydrogens is 418 g/mol. The summed E-state index contributed by atoms with van der Waals surface area (Å²) in [4.78, 5) is 15.3. The number of methoxy groups -OCH3 is 1. The molecule has 1 atom stereocenters. The zero-order valence-electron chi connectivity index (χ0n) is 19.3. The maximum atomic E-state index is 12.9. The zero-order valence-corrected chi connectivity index (χ0v) is 19.3. The van der Waals surface area contributed by atoms with Crippen LogP contribution in [0.3, 0.4) is 0 Å². The van der Waals surface area contributed by atoms with Crippen molar-refractivity contribution in [3.05, 3.63) is 65.9 Å². The van der Waals surface area contributed by atoms with Crippen LogP contribution in [0, 0.1) is 0 Å². The second kappa shape index (κ2) is 11.0. The fourth-order valence-corrected chi connectivity index (χ4v) is 4.19. The highest BCUT2D eigenvalue weighted by Gasteiger charge is 2.24. The van der Waals surface area contributed by atoms with Gasteiger partial charge in [-0.05, 0) is 74.8 Å². The lowest BCUT2D eigenvalue weighted by Crippen LogP contribution is -2.40. The molecular formula is C26H31N3O4. The minimum Gasteiger partial charge on any atom is -0.497 e. The van der Waals surface area contributed by atoms with Gasteiger partial charge in [-0.25, -0.2) is 0 Å². The molecule has 3 aromatic rings. The van der Waals surface area contributed by atoms with Gasteiger partial charge >= 0.3 is 0 Å². The van der Waals surface area contributed by atoms with Gasteiger partial charge in [0.05, 0.1) is 19.8 Å². The second-order valence-electron chi connectivity index (χ2n) is 8.13. The molecule has 7 heteroatoms. The summed E-state index contributed by atoms with van der Waals surface area (Å²) >= 11 is 0. The Morgan fingerprint density at radius 1 is 1.06 bits per heavy atom. The fourth-order valence-electron chi connectivity index (χ4n) is 4.19. The van der Waals surface area contributed by atoms with E-state index in [1.807, 2.05) is 43.3 Å². The van der Waals surface area contributed by atoms with Crippen LogP contribution < -0.4 is 14.8 Å². The summed E-state index contributed by atoms with van der Waals surface area (Å²) in [6.07, 6.45) is 3.61. The molecule has 0 unspecified atom stereocenters. The van der Waals surface area contributed by atoms with Gasteiger partial charge in [0.25, 0.3) is 5.91 Å². The van der Waals surface area contributed by atoms with E-state index in [0.29, 0.717) is 18.9 Å². The lowest BCUT2D eigenvalue weighted by molar-refractivity contribution is 0.0915. The summed E-state index contributed by atoms with van der Waals surface area (Å²) in [5.41, 5.74) is 2.27. The molecule has 0 spiro atoms. The summed E-state index contributed by atoms with van der Waals surface area (Å²) in [6, 6.07) is 17.4. The third-order valence-corrected chi connectivity index (χ3v) is 5.98. The van der Waals surface area contributed by atoms with Crippen molar-refractivity contribution in [1.82, 2.24) is 15.4 Å². The van der Waals surface area contributed by atoms with Crippen LogP contribution in [-0.2, 0) is 0 Å². The number of benzene rings is 2. The molecule has 0 aliphatic carbocycles. The molecule has 1 aliphatic heterocycles. The first kappa shape index (κ1) is 22.9. The van der Waals surface area contributed by atoms with E-state index in [1.54, 1.807) is 13.2 Å². The zero-order chi connectivity index (χ0) is 23.0. The number of carbonyl (C=O) groups excluding carboxylic acids is 1. The Hall–Kier alpha value is -3.32. The van der Waals surface area contributed by atoms with Crippen molar-refractivity contribution in [1.29, 1.82) is 0 Å². The maximum absolute atomic E-state index is 12.9. The van der Waals surface area contributed by atoms with Crippen LogP contribution in [0.4, 0.5) is 0 Å². The molecule has 4 rings (SSSR count). The van der Waals surface area contributed by atoms with Crippen molar-refractivity contribution in [2.45, 2.75) is 32.2 Å². The highest BCUT2D eigenvalue weighted by molar-refractivity contribution is 5.93. The number of nitrogens with one attached hydrogen (secondary N) is 1. The molecule has 1 aliphatic rings. The van der Waals surface area contributed by atoms with Crippen molar-refractivity contribution in [2.24, 2.45) is 0 Å². The number of rotatable bonds is 9. The van der Waals surface area contributed by atoms with E-state index in [4.69, 9.17) is 14.0 Å². The molecule has 2 aromatic carbocycles. The number of amides is 1. The van der Waals surface area contributed by atoms with Crippen molar-refractivity contribution in [3.63, 3.8) is 0 Å². The Labute approximate surface area is 194 Å². The van der Waals surface area contributed by atoms with Gasteiger partial charge in [0.1, 0.15) is 11.5 Å². The fraction of sp³-hybridized carbons (Fsp3) is 0.385. The summed E-state index contributed by atoms with van der Waals surface area (Å²) < 4.78 is 16.2. The first-order valence-corrected chi connectivity index (χ1v) is 11.5. The molecule has 0 saturated carbocycles. The van der Waals surface area contributed by atoms with Gasteiger partial charge in [-0.1, -0.05) is 23.7 Å². The van der Waals surface area contributed by atoms with Crippen LogP contribution in [0.1, 0.15) is 48.3 Å². The summed E-state index contributed by atoms with van der Waals surface area (Å²) in [7, 11) is 1.66. The molecule has 0 bridgehead atoms. The topological polar surface area (TPSA) is 76.8 Å². The third kappa shape index (κ3) is 5.73. The van der Waals surface area contributed by atoms with Crippen LogP contribution in [-0.4, -0.2) is 49.3 Å². The van der Waals surface area contributed by atoms with Gasteiger partial charge in [0, 0.05) is 18.2 Å². The van der Waals surface area contributed by atoms with Gasteiger partial charge < -0.3 is 19.3 Å². The lowest BCUT2D eigenvalue weighted by Gasteiger charge is -2.35. The number of ether oxygens (including phenoxy) is 2. The average Bonchev–Trinajstić information content (AvgIpc) is 3.36. The second-order valence-corrected chi connectivity index (χ2v) is 8.13. The van der Waals surface area contributed by atoms with Crippen molar-refractivity contribution >= 4 is 5.91 Å². The Morgan fingerprint density at radius 2 is 1.76 bits per heavy atom. The molecule has 1 amide bonds. The Morgan fingerprint density at radius 3 is 2.42 bits per heavy atom. The van der Waals surface area contributed by atoms with Crippen LogP contribution >= 0.6 is 0 Å². The number of carbonyl (C=O) groups is 1. The van der Waals surface area contributed by atoms with E-state index >= 15 is 0 Å². The molecule has 1 saturated heterocycles. The molecule has 33 heavy (non-hydrogen) atoms. The number of piperidine rings is 1. The van der Waals surface area contributed by atoms with Crippen LogP contribution in [0.5, 0.6) is 11.5 Å². The summed E-state index contributed by atoms with van der Waals surface area (Å²) in [6.45, 7) is 5.11. The van der Waals surface area contributed by atoms with Gasteiger partial charge in [0.2, 0.25) is 0 Å². The monoisotopic (exact) mass is 449 g/mol. The molecule has 2 heterocycles. The highest BCUT2D eigenvalue weighted by atomic mass is 16.5. The normalized spacial score (nSPS) is 15.1. The van der Waals surface area contributed by atoms with E-state index < -0.39 is 0 Å². The smallest absolute Gasteiger partial charge is 0.273 e. The number of hydrogen-bond acceptors (Lipinski definition) is 6. The Kier molecular flexibility index (Phi) is 7.62. The predicted octanol–water partition coefficient (Wildman–Crippen LogP) is 4.71. The van der Waals surface area contributed by atoms with E-state index in [2.05, 4.69) is 27.5 Å². The van der Waals surface area contributed by atoms with E-state index in [9.17, 15) is 4.79 Å². The summed E-state index contributed by atoms with van der Waals surface area (Å²) in [5.74, 6) is 1.92. The van der Waals surface area contributed by atoms with E-state index in [0.717, 1.165) is 35.7 Å². The molecule has 1 N–H and O–H groups in total. The minimum atomic E-state index is -0.244. The SMILES string of the molecule is CCOc1ccc(-c2cc(C(=O)NC[C@@H](c3ccc(OC)cc3)N3CCCCC3)no2)cc1. The standard InChI is InChI=1S/C26H31N3O4/c1-3-32-22-13-9-20(10-14-22)25-17-23(28-33-25)26(30)27-18-24(29-15-5-4-6-16-29)19-7-11-21(31-2)12-8-19/h7-14,17,24H,3-6,15-16,18H2,1-2H3,(H,27,30)/t24-/m0/s1.